The van der Waals surface area contributed by atoms with Crippen molar-refractivity contribution in [1.29, 1.82) is 0 Å². The number of carbonyl (C=O) groups is 1. The number of rotatable bonds is 7. The van der Waals surface area contributed by atoms with E-state index in [-0.39, 0.29) is 12.0 Å². The predicted molar refractivity (Wildman–Crippen MR) is 190 cm³/mol. The van der Waals surface area contributed by atoms with Gasteiger partial charge in [-0.25, -0.2) is 4.98 Å². The van der Waals surface area contributed by atoms with Gasteiger partial charge >= 0.3 is 0 Å². The number of aldehydes is 1. The van der Waals surface area contributed by atoms with E-state index >= 15 is 0 Å². The zero-order valence-electron chi connectivity index (χ0n) is 27.4. The Labute approximate surface area is 276 Å². The summed E-state index contributed by atoms with van der Waals surface area (Å²) in [6, 6.07) is 23.7. The first kappa shape index (κ1) is 29.8. The number of aromatic nitrogens is 3. The summed E-state index contributed by atoms with van der Waals surface area (Å²) < 4.78 is 0. The second kappa shape index (κ2) is 12.2. The predicted octanol–water partition coefficient (Wildman–Crippen LogP) is 6.50. The number of likely N-dealkylation sites (N-methyl/N-ethyl adjacent to an activating group) is 1. The maximum atomic E-state index is 12.8. The van der Waals surface area contributed by atoms with Gasteiger partial charge in [0, 0.05) is 61.6 Å². The third-order valence-electron chi connectivity index (χ3n) is 10.5. The van der Waals surface area contributed by atoms with E-state index in [0.717, 1.165) is 109 Å². The Hall–Kier alpha value is -4.53. The minimum Gasteiger partial charge on any atom is -0.368 e. The molecular formula is C39H43N7O. The van der Waals surface area contributed by atoms with Crippen LogP contribution in [0.25, 0.3) is 33.5 Å². The number of hydrogen-bond donors (Lipinski definition) is 2. The molecule has 8 rings (SSSR count). The molecule has 4 heterocycles. The van der Waals surface area contributed by atoms with Gasteiger partial charge in [0.1, 0.15) is 18.0 Å². The van der Waals surface area contributed by atoms with Crippen molar-refractivity contribution < 1.29 is 4.79 Å². The fourth-order valence-corrected chi connectivity index (χ4v) is 7.60. The zero-order chi connectivity index (χ0) is 32.1. The monoisotopic (exact) mass is 625 g/mol. The van der Waals surface area contributed by atoms with E-state index in [2.05, 4.69) is 105 Å². The van der Waals surface area contributed by atoms with E-state index in [1.165, 1.54) is 29.5 Å². The summed E-state index contributed by atoms with van der Waals surface area (Å²) in [5.41, 5.74) is 18.2. The van der Waals surface area contributed by atoms with Gasteiger partial charge in [-0.3, -0.25) is 4.90 Å². The van der Waals surface area contributed by atoms with Crippen LogP contribution in [-0.2, 0) is 17.8 Å². The molecule has 2 aromatic heterocycles. The average molecular weight is 626 g/mol. The number of aryl methyl sites for hydroxylation is 1. The SMILES string of the molecule is Cc1c(-c2nc(N)nc3[nH]c(-c4ccc(CN5CCN(C)CC5)cc4)cc23)cccc1N1CCCc2cc(C3CC3)ccc2C1C=O. The molecule has 0 spiro atoms. The van der Waals surface area contributed by atoms with Crippen LogP contribution in [0.5, 0.6) is 0 Å². The summed E-state index contributed by atoms with van der Waals surface area (Å²) >= 11 is 0. The molecule has 8 heteroatoms. The third kappa shape index (κ3) is 5.81. The molecular weight excluding hydrogens is 582 g/mol. The number of piperazine rings is 1. The topological polar surface area (TPSA) is 94.4 Å². The molecule has 2 aliphatic heterocycles. The van der Waals surface area contributed by atoms with Crippen LogP contribution in [0.3, 0.4) is 0 Å². The first-order valence-corrected chi connectivity index (χ1v) is 17.1. The Bertz CT molecular complexity index is 1940. The third-order valence-corrected chi connectivity index (χ3v) is 10.5. The van der Waals surface area contributed by atoms with E-state index < -0.39 is 0 Å². The molecule has 0 amide bonds. The number of nitrogens with two attached hydrogens (primary N) is 1. The van der Waals surface area contributed by atoms with Gasteiger partial charge in [-0.2, -0.15) is 4.98 Å². The molecule has 1 aliphatic carbocycles. The van der Waals surface area contributed by atoms with Crippen molar-refractivity contribution in [2.24, 2.45) is 0 Å². The van der Waals surface area contributed by atoms with Crippen molar-refractivity contribution in [2.75, 3.05) is 50.4 Å². The van der Waals surface area contributed by atoms with Crippen molar-refractivity contribution in [3.05, 3.63) is 94.5 Å². The lowest BCUT2D eigenvalue weighted by Gasteiger charge is -2.32. The second-order valence-corrected chi connectivity index (χ2v) is 13.7. The van der Waals surface area contributed by atoms with Gasteiger partial charge in [-0.1, -0.05) is 54.6 Å². The highest BCUT2D eigenvalue weighted by Gasteiger charge is 2.30. The molecule has 1 saturated carbocycles. The number of hydrogen-bond acceptors (Lipinski definition) is 7. The van der Waals surface area contributed by atoms with Crippen molar-refractivity contribution >= 4 is 29.0 Å². The van der Waals surface area contributed by atoms with Crippen LogP contribution in [0, 0.1) is 6.92 Å². The summed E-state index contributed by atoms with van der Waals surface area (Å²) in [5.74, 6) is 0.931. The van der Waals surface area contributed by atoms with Crippen LogP contribution in [0.2, 0.25) is 0 Å². The summed E-state index contributed by atoms with van der Waals surface area (Å²) in [6.07, 6.45) is 5.65. The number of fused-ring (bicyclic) bond motifs is 2. The van der Waals surface area contributed by atoms with Crippen molar-refractivity contribution in [3.63, 3.8) is 0 Å². The molecule has 1 saturated heterocycles. The van der Waals surface area contributed by atoms with E-state index in [0.29, 0.717) is 5.92 Å². The normalized spacial score (nSPS) is 19.1. The maximum absolute atomic E-state index is 12.8. The molecule has 240 valence electrons. The largest absolute Gasteiger partial charge is 0.368 e. The Kier molecular flexibility index (Phi) is 7.78. The Morgan fingerprint density at radius 3 is 2.53 bits per heavy atom. The molecule has 5 aromatic rings. The summed E-state index contributed by atoms with van der Waals surface area (Å²) in [4.78, 5) is 32.8. The molecule has 3 aliphatic rings. The minimum atomic E-state index is -0.330. The summed E-state index contributed by atoms with van der Waals surface area (Å²) in [7, 11) is 2.19. The lowest BCUT2D eigenvalue weighted by atomic mass is 9.94. The van der Waals surface area contributed by atoms with E-state index in [1.54, 1.807) is 0 Å². The number of nitrogens with one attached hydrogen (secondary N) is 1. The molecule has 0 bridgehead atoms. The standard InChI is InChI=1S/C39H43N7O/c1-25-31(6-3-7-35(25)46-16-4-5-30-21-29(27-12-13-27)14-15-32(30)36(46)24-47)37-33-22-34(41-38(33)43-39(40)42-37)28-10-8-26(9-11-28)23-45-19-17-44(2)18-20-45/h3,6-11,14-15,21-22,24,27,36H,4-5,12-13,16-20,23H2,1-2H3,(H3,40,41,42,43). The lowest BCUT2D eigenvalue weighted by molar-refractivity contribution is -0.109. The fourth-order valence-electron chi connectivity index (χ4n) is 7.60. The number of carbonyl (C=O) groups excluding carboxylic acids is 1. The van der Waals surface area contributed by atoms with Gasteiger partial charge in [0.15, 0.2) is 0 Å². The minimum absolute atomic E-state index is 0.231. The van der Waals surface area contributed by atoms with Crippen LogP contribution >= 0.6 is 0 Å². The van der Waals surface area contributed by atoms with Crippen molar-refractivity contribution in [3.8, 4) is 22.5 Å². The second-order valence-electron chi connectivity index (χ2n) is 13.7. The maximum Gasteiger partial charge on any atom is 0.222 e. The fraction of sp³-hybridized carbons (Fsp3) is 0.359. The smallest absolute Gasteiger partial charge is 0.222 e. The number of H-pyrrole nitrogens is 1. The molecule has 3 aromatic carbocycles. The number of nitrogens with zero attached hydrogens (tertiary/aromatic N) is 5. The Balaban J connectivity index is 1.11. The highest BCUT2D eigenvalue weighted by Crippen LogP contribution is 2.43. The van der Waals surface area contributed by atoms with Crippen LogP contribution in [0.15, 0.2) is 66.7 Å². The molecule has 0 radical (unpaired) electrons. The highest BCUT2D eigenvalue weighted by molar-refractivity contribution is 5.96. The number of anilines is 2. The summed E-state index contributed by atoms with van der Waals surface area (Å²) in [5, 5.41) is 0.928. The molecule has 1 atom stereocenters. The first-order valence-electron chi connectivity index (χ1n) is 17.1. The average Bonchev–Trinajstić information content (AvgIpc) is 3.87. The lowest BCUT2D eigenvalue weighted by Crippen LogP contribution is -2.43. The van der Waals surface area contributed by atoms with Crippen LogP contribution < -0.4 is 10.6 Å². The van der Waals surface area contributed by atoms with E-state index in [4.69, 9.17) is 10.7 Å². The molecule has 47 heavy (non-hydrogen) atoms. The van der Waals surface area contributed by atoms with Crippen LogP contribution in [0.4, 0.5) is 11.6 Å². The molecule has 2 fully saturated rings. The van der Waals surface area contributed by atoms with Gasteiger partial charge in [-0.05, 0) is 91.1 Å². The number of benzene rings is 3. The Morgan fingerprint density at radius 1 is 0.957 bits per heavy atom. The van der Waals surface area contributed by atoms with Crippen LogP contribution in [0.1, 0.15) is 59.0 Å². The van der Waals surface area contributed by atoms with E-state index in [1.807, 2.05) is 0 Å². The molecule has 3 N–H and O–H groups in total. The number of nitrogen functional groups attached to an aromatic ring is 1. The van der Waals surface area contributed by atoms with E-state index in [9.17, 15) is 4.79 Å². The van der Waals surface area contributed by atoms with Crippen LogP contribution in [-0.4, -0.2) is 70.8 Å². The summed E-state index contributed by atoms with van der Waals surface area (Å²) in [6.45, 7) is 8.35. The van der Waals surface area contributed by atoms with Crippen molar-refractivity contribution in [1.82, 2.24) is 24.8 Å². The highest BCUT2D eigenvalue weighted by atomic mass is 16.1. The quantitative estimate of drug-likeness (QED) is 0.200. The molecule has 8 nitrogen and oxygen atoms in total. The zero-order valence-corrected chi connectivity index (χ0v) is 27.4. The first-order chi connectivity index (χ1) is 22.9. The van der Waals surface area contributed by atoms with Gasteiger partial charge < -0.3 is 25.3 Å². The number of aromatic amines is 1. The van der Waals surface area contributed by atoms with Gasteiger partial charge in [0.2, 0.25) is 5.95 Å². The van der Waals surface area contributed by atoms with Gasteiger partial charge in [-0.15, -0.1) is 0 Å². The van der Waals surface area contributed by atoms with Gasteiger partial charge in [0.05, 0.1) is 5.69 Å². The van der Waals surface area contributed by atoms with Crippen molar-refractivity contribution in [2.45, 2.75) is 51.1 Å². The Morgan fingerprint density at radius 2 is 1.77 bits per heavy atom. The molecule has 1 unspecified atom stereocenters. The van der Waals surface area contributed by atoms with Gasteiger partial charge in [0.25, 0.3) is 0 Å².